The molecule has 2 rings (SSSR count). The highest BCUT2D eigenvalue weighted by atomic mass is 16.5. The first kappa shape index (κ1) is 10.5. The van der Waals surface area contributed by atoms with Gasteiger partial charge in [0.15, 0.2) is 0 Å². The molecule has 1 fully saturated rings. The summed E-state index contributed by atoms with van der Waals surface area (Å²) >= 11 is 0. The van der Waals surface area contributed by atoms with Crippen molar-refractivity contribution in [3.63, 3.8) is 0 Å². The van der Waals surface area contributed by atoms with E-state index in [1.807, 2.05) is 24.3 Å². The largest absolute Gasteiger partial charge is 0.497 e. The third kappa shape index (κ3) is 2.31. The van der Waals surface area contributed by atoms with Gasteiger partial charge in [-0.05, 0) is 29.8 Å². The van der Waals surface area contributed by atoms with Gasteiger partial charge in [-0.15, -0.1) is 0 Å². The van der Waals surface area contributed by atoms with E-state index >= 15 is 0 Å². The lowest BCUT2D eigenvalue weighted by Crippen LogP contribution is -2.23. The molecule has 0 bridgehead atoms. The molecule has 1 heterocycles. The number of amides is 2. The van der Waals surface area contributed by atoms with Gasteiger partial charge in [0.1, 0.15) is 5.75 Å². The Morgan fingerprint density at radius 3 is 2.75 bits per heavy atom. The van der Waals surface area contributed by atoms with Crippen LogP contribution in [0, 0.1) is 0 Å². The number of rotatable bonds is 3. The Hall–Kier alpha value is -2.04. The van der Waals surface area contributed by atoms with Crippen molar-refractivity contribution in [2.24, 2.45) is 5.10 Å². The number of urea groups is 1. The molecule has 0 atom stereocenters. The fourth-order valence-electron chi connectivity index (χ4n) is 1.40. The van der Waals surface area contributed by atoms with Gasteiger partial charge in [-0.3, -0.25) is 0 Å². The molecular weight excluding hydrogens is 206 g/mol. The summed E-state index contributed by atoms with van der Waals surface area (Å²) in [6.07, 6.45) is 1.66. The molecule has 1 aromatic carbocycles. The van der Waals surface area contributed by atoms with Crippen LogP contribution in [0.15, 0.2) is 29.4 Å². The van der Waals surface area contributed by atoms with Gasteiger partial charge >= 0.3 is 6.03 Å². The maximum atomic E-state index is 11.2. The summed E-state index contributed by atoms with van der Waals surface area (Å²) < 4.78 is 5.05. The molecule has 5 nitrogen and oxygen atoms in total. The van der Waals surface area contributed by atoms with E-state index in [-0.39, 0.29) is 6.03 Å². The smallest absolute Gasteiger partial charge is 0.337 e. The minimum absolute atomic E-state index is 0.148. The maximum Gasteiger partial charge on any atom is 0.337 e. The fourth-order valence-corrected chi connectivity index (χ4v) is 1.40. The molecule has 1 aliphatic heterocycles. The van der Waals surface area contributed by atoms with E-state index in [1.165, 1.54) is 5.01 Å². The molecule has 5 heteroatoms. The minimum atomic E-state index is -0.148. The van der Waals surface area contributed by atoms with Crippen molar-refractivity contribution in [2.45, 2.75) is 0 Å². The van der Waals surface area contributed by atoms with Crippen LogP contribution >= 0.6 is 0 Å². The van der Waals surface area contributed by atoms with Crippen LogP contribution in [0.25, 0.3) is 0 Å². The third-order valence-electron chi connectivity index (χ3n) is 2.30. The predicted molar refractivity (Wildman–Crippen MR) is 60.7 cm³/mol. The first-order chi connectivity index (χ1) is 7.79. The SMILES string of the molecule is COc1ccc(C=NN2CCNC2=O)cc1. The predicted octanol–water partition coefficient (Wildman–Crippen LogP) is 1.05. The van der Waals surface area contributed by atoms with Crippen molar-refractivity contribution < 1.29 is 9.53 Å². The van der Waals surface area contributed by atoms with Crippen LogP contribution in [0.1, 0.15) is 5.56 Å². The van der Waals surface area contributed by atoms with Crippen molar-refractivity contribution in [1.82, 2.24) is 10.3 Å². The van der Waals surface area contributed by atoms with Crippen molar-refractivity contribution in [2.75, 3.05) is 20.2 Å². The van der Waals surface area contributed by atoms with Crippen LogP contribution in [-0.4, -0.2) is 37.5 Å². The van der Waals surface area contributed by atoms with E-state index < -0.39 is 0 Å². The van der Waals surface area contributed by atoms with Crippen LogP contribution in [0.4, 0.5) is 4.79 Å². The zero-order valence-electron chi connectivity index (χ0n) is 9.01. The molecule has 2 amide bonds. The second-order valence-corrected chi connectivity index (χ2v) is 3.37. The molecule has 0 spiro atoms. The summed E-state index contributed by atoms with van der Waals surface area (Å²) in [6, 6.07) is 7.33. The quantitative estimate of drug-likeness (QED) is 0.773. The Morgan fingerprint density at radius 1 is 1.44 bits per heavy atom. The summed E-state index contributed by atoms with van der Waals surface area (Å²) in [5, 5.41) is 8.17. The lowest BCUT2D eigenvalue weighted by Gasteiger charge is -2.05. The minimum Gasteiger partial charge on any atom is -0.497 e. The van der Waals surface area contributed by atoms with Gasteiger partial charge in [0, 0.05) is 6.54 Å². The molecule has 1 N–H and O–H groups in total. The Labute approximate surface area is 93.7 Å². The number of nitrogens with zero attached hydrogens (tertiary/aromatic N) is 2. The molecule has 84 valence electrons. The molecule has 16 heavy (non-hydrogen) atoms. The topological polar surface area (TPSA) is 53.9 Å². The van der Waals surface area contributed by atoms with Gasteiger partial charge in [-0.1, -0.05) is 0 Å². The molecule has 0 aromatic heterocycles. The molecule has 0 saturated carbocycles. The average molecular weight is 219 g/mol. The zero-order valence-corrected chi connectivity index (χ0v) is 9.01. The molecule has 1 aromatic rings. The number of hydrogen-bond donors (Lipinski definition) is 1. The van der Waals surface area contributed by atoms with Gasteiger partial charge in [-0.2, -0.15) is 5.10 Å². The number of carbonyl (C=O) groups excluding carboxylic acids is 1. The highest BCUT2D eigenvalue weighted by Gasteiger charge is 2.17. The van der Waals surface area contributed by atoms with Gasteiger partial charge in [0.25, 0.3) is 0 Å². The second-order valence-electron chi connectivity index (χ2n) is 3.37. The fraction of sp³-hybridized carbons (Fsp3) is 0.273. The molecule has 1 saturated heterocycles. The number of nitrogens with one attached hydrogen (secondary N) is 1. The van der Waals surface area contributed by atoms with Gasteiger partial charge in [-0.25, -0.2) is 9.80 Å². The average Bonchev–Trinajstić information content (AvgIpc) is 2.73. The number of methoxy groups -OCH3 is 1. The van der Waals surface area contributed by atoms with Crippen LogP contribution in [0.3, 0.4) is 0 Å². The van der Waals surface area contributed by atoms with Crippen molar-refractivity contribution in [3.05, 3.63) is 29.8 Å². The van der Waals surface area contributed by atoms with Crippen molar-refractivity contribution >= 4 is 12.2 Å². The van der Waals surface area contributed by atoms with Crippen molar-refractivity contribution in [1.29, 1.82) is 0 Å². The first-order valence-electron chi connectivity index (χ1n) is 5.03. The molecular formula is C11H13N3O2. The van der Waals surface area contributed by atoms with Gasteiger partial charge < -0.3 is 10.1 Å². The summed E-state index contributed by atoms with van der Waals surface area (Å²) in [5.74, 6) is 0.802. The summed E-state index contributed by atoms with van der Waals surface area (Å²) in [5.41, 5.74) is 0.931. The van der Waals surface area contributed by atoms with Crippen LogP contribution in [0.2, 0.25) is 0 Å². The number of benzene rings is 1. The highest BCUT2D eigenvalue weighted by Crippen LogP contribution is 2.10. The molecule has 0 aliphatic carbocycles. The second kappa shape index (κ2) is 4.65. The Morgan fingerprint density at radius 2 is 2.19 bits per heavy atom. The normalized spacial score (nSPS) is 15.6. The van der Waals surface area contributed by atoms with Crippen LogP contribution in [0.5, 0.6) is 5.75 Å². The van der Waals surface area contributed by atoms with E-state index in [2.05, 4.69) is 10.4 Å². The third-order valence-corrected chi connectivity index (χ3v) is 2.30. The van der Waals surface area contributed by atoms with Gasteiger partial charge in [0.05, 0.1) is 19.9 Å². The summed E-state index contributed by atoms with van der Waals surface area (Å²) in [4.78, 5) is 11.2. The van der Waals surface area contributed by atoms with E-state index in [0.717, 1.165) is 11.3 Å². The Kier molecular flexibility index (Phi) is 3.05. The van der Waals surface area contributed by atoms with E-state index in [0.29, 0.717) is 13.1 Å². The number of hydrogen-bond acceptors (Lipinski definition) is 3. The van der Waals surface area contributed by atoms with E-state index in [4.69, 9.17) is 4.74 Å². The standard InChI is InChI=1S/C11H13N3O2/c1-16-10-4-2-9(3-5-10)8-13-14-7-6-12-11(14)15/h2-5,8H,6-7H2,1H3,(H,12,15). The summed E-state index contributed by atoms with van der Waals surface area (Å²) in [6.45, 7) is 1.27. The highest BCUT2D eigenvalue weighted by molar-refractivity contribution is 5.82. The molecule has 0 radical (unpaired) electrons. The number of ether oxygens (including phenoxy) is 1. The number of carbonyl (C=O) groups is 1. The molecule has 1 aliphatic rings. The zero-order chi connectivity index (χ0) is 11.4. The lowest BCUT2D eigenvalue weighted by molar-refractivity contribution is 0.219. The summed E-state index contributed by atoms with van der Waals surface area (Å²) in [7, 11) is 1.62. The Bertz CT molecular complexity index is 400. The van der Waals surface area contributed by atoms with Crippen LogP contribution in [-0.2, 0) is 0 Å². The monoisotopic (exact) mass is 219 g/mol. The van der Waals surface area contributed by atoms with E-state index in [9.17, 15) is 4.79 Å². The maximum absolute atomic E-state index is 11.2. The van der Waals surface area contributed by atoms with Gasteiger partial charge in [0.2, 0.25) is 0 Å². The first-order valence-corrected chi connectivity index (χ1v) is 5.03. The molecule has 0 unspecified atom stereocenters. The van der Waals surface area contributed by atoms with Crippen LogP contribution < -0.4 is 10.1 Å². The van der Waals surface area contributed by atoms with E-state index in [1.54, 1.807) is 13.3 Å². The van der Waals surface area contributed by atoms with Crippen molar-refractivity contribution in [3.8, 4) is 5.75 Å². The lowest BCUT2D eigenvalue weighted by atomic mass is 10.2. The Balaban J connectivity index is 2.02. The number of hydrazone groups is 1.